The van der Waals surface area contributed by atoms with E-state index in [0.717, 1.165) is 5.56 Å². The molecule has 1 N–H and O–H groups in total. The summed E-state index contributed by atoms with van der Waals surface area (Å²) in [6.45, 7) is 0.461. The van der Waals surface area contributed by atoms with Crippen molar-refractivity contribution in [1.82, 2.24) is 4.98 Å². The molecule has 1 heterocycles. The van der Waals surface area contributed by atoms with Gasteiger partial charge in [0.15, 0.2) is 0 Å². The number of pyridine rings is 1. The molecule has 0 radical (unpaired) electrons. The molecular weight excluding hydrogens is 231 g/mol. The van der Waals surface area contributed by atoms with Crippen LogP contribution in [0.25, 0.3) is 0 Å². The molecule has 0 aliphatic heterocycles. The summed E-state index contributed by atoms with van der Waals surface area (Å²) < 4.78 is 13.8. The zero-order valence-electron chi connectivity index (χ0n) is 10.2. The molecule has 0 amide bonds. The summed E-state index contributed by atoms with van der Waals surface area (Å²) in [5.74, 6) is -0.321. The minimum Gasteiger partial charge on any atom is -0.392 e. The SMILES string of the molecule is CN(Cc1ccncc1)c1ccc(CO)cc1F. The highest BCUT2D eigenvalue weighted by Crippen LogP contribution is 2.21. The van der Waals surface area contributed by atoms with Crippen molar-refractivity contribution < 1.29 is 9.50 Å². The monoisotopic (exact) mass is 246 g/mol. The number of halogens is 1. The number of benzene rings is 1. The van der Waals surface area contributed by atoms with Crippen molar-refractivity contribution in [2.75, 3.05) is 11.9 Å². The van der Waals surface area contributed by atoms with E-state index in [2.05, 4.69) is 4.98 Å². The lowest BCUT2D eigenvalue weighted by molar-refractivity contribution is 0.281. The van der Waals surface area contributed by atoms with Crippen LogP contribution >= 0.6 is 0 Å². The summed E-state index contributed by atoms with van der Waals surface area (Å²) in [6.07, 6.45) is 3.43. The van der Waals surface area contributed by atoms with Crippen LogP contribution in [0.4, 0.5) is 10.1 Å². The Bertz CT molecular complexity index is 516. The Morgan fingerprint density at radius 1 is 1.17 bits per heavy atom. The summed E-state index contributed by atoms with van der Waals surface area (Å²) in [5, 5.41) is 8.94. The first-order chi connectivity index (χ1) is 8.70. The van der Waals surface area contributed by atoms with Crippen LogP contribution in [0, 0.1) is 5.82 Å². The number of hydrogen-bond donors (Lipinski definition) is 1. The van der Waals surface area contributed by atoms with Gasteiger partial charge in [0.1, 0.15) is 5.82 Å². The summed E-state index contributed by atoms with van der Waals surface area (Å²) >= 11 is 0. The predicted molar refractivity (Wildman–Crippen MR) is 68.7 cm³/mol. The van der Waals surface area contributed by atoms with E-state index in [-0.39, 0.29) is 12.4 Å². The van der Waals surface area contributed by atoms with E-state index in [4.69, 9.17) is 5.11 Å². The second-order valence-electron chi connectivity index (χ2n) is 4.16. The Kier molecular flexibility index (Phi) is 3.89. The fourth-order valence-corrected chi connectivity index (χ4v) is 1.81. The van der Waals surface area contributed by atoms with E-state index in [1.54, 1.807) is 24.5 Å². The molecule has 0 saturated carbocycles. The lowest BCUT2D eigenvalue weighted by Crippen LogP contribution is -2.17. The van der Waals surface area contributed by atoms with Crippen LogP contribution in [-0.4, -0.2) is 17.1 Å². The molecule has 0 aliphatic rings. The average molecular weight is 246 g/mol. The fourth-order valence-electron chi connectivity index (χ4n) is 1.81. The molecule has 4 heteroatoms. The number of hydrogen-bond acceptors (Lipinski definition) is 3. The highest BCUT2D eigenvalue weighted by Gasteiger charge is 2.08. The second-order valence-corrected chi connectivity index (χ2v) is 4.16. The van der Waals surface area contributed by atoms with E-state index in [1.165, 1.54) is 6.07 Å². The maximum absolute atomic E-state index is 13.8. The third-order valence-corrected chi connectivity index (χ3v) is 2.78. The molecule has 0 aliphatic carbocycles. The average Bonchev–Trinajstić information content (AvgIpc) is 2.39. The van der Waals surface area contributed by atoms with Crippen LogP contribution in [0.1, 0.15) is 11.1 Å². The Morgan fingerprint density at radius 2 is 1.89 bits per heavy atom. The van der Waals surface area contributed by atoms with Gasteiger partial charge in [-0.1, -0.05) is 6.07 Å². The predicted octanol–water partition coefficient (Wildman–Crippen LogP) is 2.35. The van der Waals surface area contributed by atoms with E-state index in [9.17, 15) is 4.39 Å². The standard InChI is InChI=1S/C14H15FN2O/c1-17(9-11-4-6-16-7-5-11)14-3-2-12(10-18)8-13(14)15/h2-8,18H,9-10H2,1H3. The van der Waals surface area contributed by atoms with Crippen molar-refractivity contribution in [3.8, 4) is 0 Å². The van der Waals surface area contributed by atoms with Crippen LogP contribution in [0.5, 0.6) is 0 Å². The van der Waals surface area contributed by atoms with Crippen molar-refractivity contribution in [1.29, 1.82) is 0 Å². The number of nitrogens with zero attached hydrogens (tertiary/aromatic N) is 2. The highest BCUT2D eigenvalue weighted by atomic mass is 19.1. The van der Waals surface area contributed by atoms with Gasteiger partial charge < -0.3 is 10.0 Å². The highest BCUT2D eigenvalue weighted by molar-refractivity contribution is 5.48. The molecule has 1 aromatic carbocycles. The zero-order valence-corrected chi connectivity index (χ0v) is 10.2. The lowest BCUT2D eigenvalue weighted by atomic mass is 10.2. The van der Waals surface area contributed by atoms with Gasteiger partial charge in [-0.2, -0.15) is 0 Å². The number of aliphatic hydroxyl groups excluding tert-OH is 1. The fraction of sp³-hybridized carbons (Fsp3) is 0.214. The van der Waals surface area contributed by atoms with Gasteiger partial charge in [0.05, 0.1) is 12.3 Å². The van der Waals surface area contributed by atoms with Gasteiger partial charge >= 0.3 is 0 Å². The van der Waals surface area contributed by atoms with Crippen LogP contribution in [0.3, 0.4) is 0 Å². The summed E-state index contributed by atoms with van der Waals surface area (Å²) in [4.78, 5) is 5.77. The summed E-state index contributed by atoms with van der Waals surface area (Å²) in [7, 11) is 1.83. The molecule has 2 rings (SSSR count). The Hall–Kier alpha value is -1.94. The maximum Gasteiger partial charge on any atom is 0.146 e. The number of aromatic nitrogens is 1. The van der Waals surface area contributed by atoms with Gasteiger partial charge in [0.2, 0.25) is 0 Å². The normalized spacial score (nSPS) is 10.4. The van der Waals surface area contributed by atoms with Gasteiger partial charge in [-0.15, -0.1) is 0 Å². The van der Waals surface area contributed by atoms with Gasteiger partial charge in [0, 0.05) is 26.0 Å². The van der Waals surface area contributed by atoms with Crippen molar-refractivity contribution in [3.05, 3.63) is 59.7 Å². The van der Waals surface area contributed by atoms with Gasteiger partial charge in [-0.25, -0.2) is 4.39 Å². The van der Waals surface area contributed by atoms with Crippen LogP contribution in [0.15, 0.2) is 42.7 Å². The molecule has 0 atom stereocenters. The van der Waals surface area contributed by atoms with Crippen LogP contribution < -0.4 is 4.90 Å². The molecule has 0 spiro atoms. The first-order valence-electron chi connectivity index (χ1n) is 5.70. The Labute approximate surface area is 106 Å². The maximum atomic E-state index is 13.8. The first kappa shape index (κ1) is 12.5. The molecule has 94 valence electrons. The smallest absolute Gasteiger partial charge is 0.146 e. The van der Waals surface area contributed by atoms with Crippen molar-refractivity contribution in [2.24, 2.45) is 0 Å². The van der Waals surface area contributed by atoms with Crippen LogP contribution in [0.2, 0.25) is 0 Å². The zero-order chi connectivity index (χ0) is 13.0. The van der Waals surface area contributed by atoms with E-state index < -0.39 is 0 Å². The summed E-state index contributed by atoms with van der Waals surface area (Å²) in [5.41, 5.74) is 2.16. The first-order valence-corrected chi connectivity index (χ1v) is 5.70. The topological polar surface area (TPSA) is 36.4 Å². The minimum absolute atomic E-state index is 0.148. The minimum atomic E-state index is -0.321. The molecule has 0 saturated heterocycles. The molecule has 0 bridgehead atoms. The van der Waals surface area contributed by atoms with Gasteiger partial charge in [-0.05, 0) is 35.4 Å². The largest absolute Gasteiger partial charge is 0.392 e. The molecule has 18 heavy (non-hydrogen) atoms. The van der Waals surface area contributed by atoms with Crippen LogP contribution in [-0.2, 0) is 13.2 Å². The molecule has 1 aromatic heterocycles. The Balaban J connectivity index is 2.16. The van der Waals surface area contributed by atoms with Crippen molar-refractivity contribution >= 4 is 5.69 Å². The molecule has 2 aromatic rings. The molecule has 0 fully saturated rings. The quantitative estimate of drug-likeness (QED) is 0.899. The number of aliphatic hydroxyl groups is 1. The lowest BCUT2D eigenvalue weighted by Gasteiger charge is -2.20. The Morgan fingerprint density at radius 3 is 2.50 bits per heavy atom. The van der Waals surface area contributed by atoms with Crippen molar-refractivity contribution in [3.63, 3.8) is 0 Å². The van der Waals surface area contributed by atoms with Gasteiger partial charge in [0.25, 0.3) is 0 Å². The second kappa shape index (κ2) is 5.60. The van der Waals surface area contributed by atoms with E-state index >= 15 is 0 Å². The third kappa shape index (κ3) is 2.84. The number of anilines is 1. The van der Waals surface area contributed by atoms with E-state index in [0.29, 0.717) is 17.8 Å². The van der Waals surface area contributed by atoms with Gasteiger partial charge in [-0.3, -0.25) is 4.98 Å². The summed E-state index contributed by atoms with van der Waals surface area (Å²) in [6, 6.07) is 8.56. The number of rotatable bonds is 4. The van der Waals surface area contributed by atoms with Crippen molar-refractivity contribution in [2.45, 2.75) is 13.2 Å². The molecular formula is C14H15FN2O. The third-order valence-electron chi connectivity index (χ3n) is 2.78. The molecule has 0 unspecified atom stereocenters. The molecule has 3 nitrogen and oxygen atoms in total. The van der Waals surface area contributed by atoms with E-state index in [1.807, 2.05) is 24.1 Å².